The monoisotopic (exact) mass is 345 g/mol. The summed E-state index contributed by atoms with van der Waals surface area (Å²) in [6.07, 6.45) is 0.0275. The van der Waals surface area contributed by atoms with Crippen LogP contribution < -0.4 is 11.1 Å². The predicted molar refractivity (Wildman–Crippen MR) is 91.7 cm³/mol. The van der Waals surface area contributed by atoms with Crippen LogP contribution in [0.5, 0.6) is 0 Å². The van der Waals surface area contributed by atoms with Crippen molar-refractivity contribution in [3.8, 4) is 0 Å². The fourth-order valence-corrected chi connectivity index (χ4v) is 3.54. The number of anilines is 1. The zero-order chi connectivity index (χ0) is 18.4. The van der Waals surface area contributed by atoms with Gasteiger partial charge in [0, 0.05) is 12.2 Å². The molecule has 1 aromatic rings. The largest absolute Gasteiger partial charge is 0.444 e. The molecule has 1 fully saturated rings. The number of likely N-dealkylation sites (tertiary alicyclic amines) is 1. The zero-order valence-electron chi connectivity index (χ0n) is 14.7. The van der Waals surface area contributed by atoms with Crippen LogP contribution in [0.15, 0.2) is 24.3 Å². The third kappa shape index (κ3) is 3.18. The molecule has 3 N–H and O–H groups in total. The first-order valence-corrected chi connectivity index (χ1v) is 8.30. The molecule has 2 aliphatic heterocycles. The lowest BCUT2D eigenvalue weighted by Crippen LogP contribution is -2.47. The van der Waals surface area contributed by atoms with Gasteiger partial charge in [0.25, 0.3) is 0 Å². The van der Waals surface area contributed by atoms with Crippen molar-refractivity contribution in [2.45, 2.75) is 45.3 Å². The van der Waals surface area contributed by atoms with Crippen LogP contribution >= 0.6 is 0 Å². The fourth-order valence-electron chi connectivity index (χ4n) is 3.54. The van der Waals surface area contributed by atoms with E-state index in [1.165, 1.54) is 4.90 Å². The van der Waals surface area contributed by atoms with Crippen LogP contribution in [0.25, 0.3) is 0 Å². The summed E-state index contributed by atoms with van der Waals surface area (Å²) in [6, 6.07) is 6.67. The van der Waals surface area contributed by atoms with E-state index in [9.17, 15) is 14.4 Å². The van der Waals surface area contributed by atoms with Crippen LogP contribution in [0.2, 0.25) is 0 Å². The van der Waals surface area contributed by atoms with E-state index in [-0.39, 0.29) is 18.9 Å². The number of para-hydroxylation sites is 1. The van der Waals surface area contributed by atoms with E-state index in [0.717, 1.165) is 11.3 Å². The summed E-state index contributed by atoms with van der Waals surface area (Å²) in [4.78, 5) is 38.5. The lowest BCUT2D eigenvalue weighted by atomic mass is 9.76. The number of fused-ring (bicyclic) bond motifs is 1. The van der Waals surface area contributed by atoms with Gasteiger partial charge < -0.3 is 15.8 Å². The summed E-state index contributed by atoms with van der Waals surface area (Å²) < 4.78 is 5.39. The third-order valence-corrected chi connectivity index (χ3v) is 4.67. The number of hydrogen-bond acceptors (Lipinski definition) is 4. The molecule has 7 heteroatoms. The zero-order valence-corrected chi connectivity index (χ0v) is 14.7. The predicted octanol–water partition coefficient (Wildman–Crippen LogP) is 1.66. The van der Waals surface area contributed by atoms with E-state index in [1.807, 2.05) is 24.3 Å². The van der Waals surface area contributed by atoms with Crippen molar-refractivity contribution in [3.05, 3.63) is 29.8 Å². The molecule has 2 aliphatic rings. The molecule has 0 radical (unpaired) electrons. The molecule has 0 unspecified atom stereocenters. The second-order valence-corrected chi connectivity index (χ2v) is 7.80. The van der Waals surface area contributed by atoms with Crippen molar-refractivity contribution in [3.63, 3.8) is 0 Å². The van der Waals surface area contributed by atoms with Gasteiger partial charge in [0.1, 0.15) is 11.6 Å². The molecular formula is C18H23N3O4. The summed E-state index contributed by atoms with van der Waals surface area (Å²) in [5, 5.41) is 2.89. The second-order valence-electron chi connectivity index (χ2n) is 7.80. The minimum absolute atomic E-state index is 0.107. The number of amides is 3. The fraction of sp³-hybridized carbons (Fsp3) is 0.500. The Morgan fingerprint density at radius 1 is 1.32 bits per heavy atom. The van der Waals surface area contributed by atoms with Crippen molar-refractivity contribution in [1.29, 1.82) is 0 Å². The molecule has 1 aromatic carbocycles. The number of primary amides is 1. The molecule has 25 heavy (non-hydrogen) atoms. The lowest BCUT2D eigenvalue weighted by Gasteiger charge is -2.33. The van der Waals surface area contributed by atoms with Gasteiger partial charge in [-0.25, -0.2) is 4.79 Å². The van der Waals surface area contributed by atoms with Gasteiger partial charge in [-0.05, 0) is 45.2 Å². The van der Waals surface area contributed by atoms with Crippen LogP contribution in [-0.4, -0.2) is 41.0 Å². The summed E-state index contributed by atoms with van der Waals surface area (Å²) >= 11 is 0. The van der Waals surface area contributed by atoms with E-state index in [1.54, 1.807) is 20.8 Å². The maximum absolute atomic E-state index is 12.8. The number of nitrogens with zero attached hydrogens (tertiary/aromatic N) is 1. The first kappa shape index (κ1) is 17.3. The van der Waals surface area contributed by atoms with Crippen molar-refractivity contribution >= 4 is 23.6 Å². The molecule has 134 valence electrons. The maximum atomic E-state index is 12.8. The van der Waals surface area contributed by atoms with Gasteiger partial charge in [-0.1, -0.05) is 18.2 Å². The average molecular weight is 345 g/mol. The van der Waals surface area contributed by atoms with E-state index < -0.39 is 29.1 Å². The molecule has 3 amide bonds. The molecule has 0 bridgehead atoms. The molecule has 0 aromatic heterocycles. The number of benzene rings is 1. The number of ether oxygens (including phenoxy) is 1. The van der Waals surface area contributed by atoms with Crippen molar-refractivity contribution in [2.75, 3.05) is 11.9 Å². The third-order valence-electron chi connectivity index (χ3n) is 4.67. The van der Waals surface area contributed by atoms with Crippen LogP contribution in [0.3, 0.4) is 0 Å². The second kappa shape index (κ2) is 5.75. The maximum Gasteiger partial charge on any atom is 0.411 e. The molecule has 2 heterocycles. The Labute approximate surface area is 146 Å². The number of carbonyl (C=O) groups is 3. The number of rotatable bonds is 1. The van der Waals surface area contributed by atoms with Crippen molar-refractivity contribution in [2.24, 2.45) is 11.1 Å². The quantitative estimate of drug-likeness (QED) is 0.808. The Balaban J connectivity index is 1.91. The standard InChI is InChI=1S/C18H23N3O4/c1-17(2,3)25-16(24)21-10-18(9-13(21)14(19)22)8-11-6-4-5-7-12(11)20-15(18)23/h4-7,13H,8-10H2,1-3H3,(H2,19,22)(H,20,23)/t13-,18+/m0/s1. The Kier molecular flexibility index (Phi) is 3.97. The van der Waals surface area contributed by atoms with Crippen LogP contribution in [0, 0.1) is 5.41 Å². The van der Waals surface area contributed by atoms with E-state index >= 15 is 0 Å². The molecule has 2 atom stereocenters. The minimum Gasteiger partial charge on any atom is -0.444 e. The summed E-state index contributed by atoms with van der Waals surface area (Å²) in [5.74, 6) is -0.821. The van der Waals surface area contributed by atoms with E-state index in [0.29, 0.717) is 6.42 Å². The van der Waals surface area contributed by atoms with Gasteiger partial charge in [0.15, 0.2) is 0 Å². The van der Waals surface area contributed by atoms with Gasteiger partial charge in [-0.3, -0.25) is 14.5 Å². The summed E-state index contributed by atoms with van der Waals surface area (Å²) in [6.45, 7) is 5.36. The Morgan fingerprint density at radius 3 is 2.64 bits per heavy atom. The highest BCUT2D eigenvalue weighted by molar-refractivity contribution is 6.00. The van der Waals surface area contributed by atoms with Crippen LogP contribution in [0.1, 0.15) is 32.8 Å². The first-order valence-electron chi connectivity index (χ1n) is 8.30. The molecule has 0 aliphatic carbocycles. The Hall–Kier alpha value is -2.57. The molecule has 7 nitrogen and oxygen atoms in total. The first-order chi connectivity index (χ1) is 11.6. The van der Waals surface area contributed by atoms with Crippen molar-refractivity contribution < 1.29 is 19.1 Å². The number of hydrogen-bond donors (Lipinski definition) is 2. The molecule has 3 rings (SSSR count). The highest BCUT2D eigenvalue weighted by Crippen LogP contribution is 2.43. The van der Waals surface area contributed by atoms with Gasteiger partial charge in [-0.2, -0.15) is 0 Å². The lowest BCUT2D eigenvalue weighted by molar-refractivity contribution is -0.125. The Bertz CT molecular complexity index is 740. The van der Waals surface area contributed by atoms with Gasteiger partial charge in [-0.15, -0.1) is 0 Å². The van der Waals surface area contributed by atoms with Crippen LogP contribution in [0.4, 0.5) is 10.5 Å². The van der Waals surface area contributed by atoms with Gasteiger partial charge in [0.05, 0.1) is 5.41 Å². The summed E-state index contributed by atoms with van der Waals surface area (Å²) in [5.41, 5.74) is 5.68. The normalized spacial score (nSPS) is 25.5. The molecule has 1 spiro atoms. The van der Waals surface area contributed by atoms with Gasteiger partial charge in [0.2, 0.25) is 11.8 Å². The van der Waals surface area contributed by atoms with Crippen molar-refractivity contribution in [1.82, 2.24) is 4.90 Å². The average Bonchev–Trinajstić information content (AvgIpc) is 2.88. The number of carbonyl (C=O) groups excluding carboxylic acids is 3. The SMILES string of the molecule is CC(C)(C)OC(=O)N1C[C@@]2(Cc3ccccc3NC2=O)C[C@H]1C(N)=O. The highest BCUT2D eigenvalue weighted by atomic mass is 16.6. The number of nitrogens with one attached hydrogen (secondary N) is 1. The smallest absolute Gasteiger partial charge is 0.411 e. The van der Waals surface area contributed by atoms with E-state index in [2.05, 4.69) is 5.32 Å². The van der Waals surface area contributed by atoms with Gasteiger partial charge >= 0.3 is 6.09 Å². The number of nitrogens with two attached hydrogens (primary N) is 1. The van der Waals surface area contributed by atoms with E-state index in [4.69, 9.17) is 10.5 Å². The highest BCUT2D eigenvalue weighted by Gasteiger charge is 2.54. The topological polar surface area (TPSA) is 102 Å². The minimum atomic E-state index is -0.870. The molecule has 1 saturated heterocycles. The Morgan fingerprint density at radius 2 is 2.00 bits per heavy atom. The molecule has 0 saturated carbocycles. The summed E-state index contributed by atoms with van der Waals surface area (Å²) in [7, 11) is 0. The molecular weight excluding hydrogens is 322 g/mol. The van der Waals surface area contributed by atoms with Crippen LogP contribution in [-0.2, 0) is 20.7 Å².